The van der Waals surface area contributed by atoms with Crippen LogP contribution in [0.5, 0.6) is 0 Å². The molecule has 0 aliphatic heterocycles. The lowest BCUT2D eigenvalue weighted by Crippen LogP contribution is -2.43. The molecule has 6 nitrogen and oxygen atoms in total. The van der Waals surface area contributed by atoms with Crippen LogP contribution in [0.25, 0.3) is 11.5 Å². The van der Waals surface area contributed by atoms with Gasteiger partial charge in [0.2, 0.25) is 11.5 Å². The van der Waals surface area contributed by atoms with E-state index in [1.165, 1.54) is 22.8 Å². The van der Waals surface area contributed by atoms with Crippen LogP contribution in [0.15, 0.2) is 82.4 Å². The monoisotopic (exact) mass is 418 g/mol. The molecule has 1 heterocycles. The predicted molar refractivity (Wildman–Crippen MR) is 111 cm³/mol. The molecular weight excluding hydrogens is 400 g/mol. The summed E-state index contributed by atoms with van der Waals surface area (Å²) in [5.41, 5.74) is 1.61. The van der Waals surface area contributed by atoms with Gasteiger partial charge in [0.05, 0.1) is 4.90 Å². The van der Waals surface area contributed by atoms with Crippen molar-refractivity contribution in [3.8, 4) is 0 Å². The molecule has 0 atom stereocenters. The number of aromatic nitrogens is 1. The summed E-state index contributed by atoms with van der Waals surface area (Å²) in [6.45, 7) is 3.67. The van der Waals surface area contributed by atoms with Gasteiger partial charge in [0.25, 0.3) is 10.0 Å². The highest BCUT2D eigenvalue weighted by atomic mass is 32.2. The molecule has 1 aliphatic rings. The number of Topliss-reactive ketones (excluding diaryl/α,β-unsaturated/α-hetero) is 1. The number of fused-ring (bicyclic) bond motifs is 1. The van der Waals surface area contributed by atoms with E-state index in [1.807, 2.05) is 19.9 Å². The smallest absolute Gasteiger partial charge is 0.283 e. The molecule has 3 aromatic rings. The number of ketones is 1. The van der Waals surface area contributed by atoms with Gasteiger partial charge in [-0.05, 0) is 43.4 Å². The van der Waals surface area contributed by atoms with Gasteiger partial charge >= 0.3 is 0 Å². The number of benzene rings is 2. The molecule has 4 rings (SSSR count). The second-order valence-corrected chi connectivity index (χ2v) is 8.67. The summed E-state index contributed by atoms with van der Waals surface area (Å²) in [4.78, 5) is 13.2. The van der Waals surface area contributed by atoms with Gasteiger partial charge in [-0.1, -0.05) is 42.0 Å². The Morgan fingerprint density at radius 2 is 1.53 bits per heavy atom. The molecule has 0 bridgehead atoms. The van der Waals surface area contributed by atoms with Crippen molar-refractivity contribution < 1.29 is 22.9 Å². The van der Waals surface area contributed by atoms with Crippen LogP contribution in [-0.2, 0) is 10.0 Å². The van der Waals surface area contributed by atoms with Crippen LogP contribution in [0.2, 0.25) is 0 Å². The summed E-state index contributed by atoms with van der Waals surface area (Å²) >= 11 is 0. The van der Waals surface area contributed by atoms with Gasteiger partial charge in [-0.3, -0.25) is 4.79 Å². The number of carbonyl (C=O) groups excluding carboxylic acids is 1. The maximum Gasteiger partial charge on any atom is 0.283 e. The number of allylic oxidation sites excluding steroid dienone is 1. The maximum atomic E-state index is 13.3. The molecule has 0 fully saturated rings. The van der Waals surface area contributed by atoms with E-state index >= 15 is 0 Å². The molecule has 0 saturated heterocycles. The Morgan fingerprint density at radius 1 is 0.867 bits per heavy atom. The molecule has 0 radical (unpaired) electrons. The van der Waals surface area contributed by atoms with E-state index in [4.69, 9.17) is 0 Å². The van der Waals surface area contributed by atoms with Gasteiger partial charge in [0.1, 0.15) is 0 Å². The van der Waals surface area contributed by atoms with E-state index in [0.717, 1.165) is 11.1 Å². The van der Waals surface area contributed by atoms with Crippen molar-refractivity contribution in [1.29, 1.82) is 0 Å². The van der Waals surface area contributed by atoms with Crippen molar-refractivity contribution >= 4 is 33.0 Å². The summed E-state index contributed by atoms with van der Waals surface area (Å²) in [7, 11) is -4.21. The SMILES string of the molecule is Cc1ccc(S(=O)(=O)/N=C2\C(=O)c3ccccc3C([O-])=C2[n+]2cccc(C)c2)cc1. The second-order valence-electron chi connectivity index (χ2n) is 7.07. The lowest BCUT2D eigenvalue weighted by atomic mass is 9.91. The van der Waals surface area contributed by atoms with Crippen LogP contribution in [0.3, 0.4) is 0 Å². The quantitative estimate of drug-likeness (QED) is 0.611. The minimum absolute atomic E-state index is 0.0479. The van der Waals surface area contributed by atoms with E-state index in [2.05, 4.69) is 4.40 Å². The highest BCUT2D eigenvalue weighted by Crippen LogP contribution is 2.28. The first-order chi connectivity index (χ1) is 14.3. The Kier molecular flexibility index (Phi) is 4.83. The van der Waals surface area contributed by atoms with Gasteiger partial charge in [0.15, 0.2) is 18.1 Å². The maximum absolute atomic E-state index is 13.3. The first kappa shape index (κ1) is 19.7. The molecule has 7 heteroatoms. The number of carbonyl (C=O) groups is 1. The minimum Gasteiger partial charge on any atom is -0.867 e. The summed E-state index contributed by atoms with van der Waals surface area (Å²) in [5.74, 6) is -1.07. The summed E-state index contributed by atoms with van der Waals surface area (Å²) < 4.78 is 31.2. The first-order valence-electron chi connectivity index (χ1n) is 9.23. The Morgan fingerprint density at radius 3 is 2.20 bits per heavy atom. The molecule has 150 valence electrons. The zero-order chi connectivity index (χ0) is 21.5. The van der Waals surface area contributed by atoms with E-state index in [9.17, 15) is 18.3 Å². The van der Waals surface area contributed by atoms with Crippen LogP contribution >= 0.6 is 0 Å². The molecule has 0 N–H and O–H groups in total. The number of rotatable bonds is 3. The van der Waals surface area contributed by atoms with Crippen LogP contribution in [0.4, 0.5) is 0 Å². The number of pyridine rings is 1. The molecule has 30 heavy (non-hydrogen) atoms. The average molecular weight is 418 g/mol. The summed E-state index contributed by atoms with van der Waals surface area (Å²) in [6, 6.07) is 16.0. The average Bonchev–Trinajstić information content (AvgIpc) is 2.72. The Hall–Kier alpha value is -3.58. The third-order valence-corrected chi connectivity index (χ3v) is 6.10. The largest absolute Gasteiger partial charge is 0.867 e. The van der Waals surface area contributed by atoms with Crippen molar-refractivity contribution in [3.05, 3.63) is 95.3 Å². The van der Waals surface area contributed by atoms with Crippen LogP contribution in [0.1, 0.15) is 27.0 Å². The predicted octanol–water partition coefficient (Wildman–Crippen LogP) is 2.30. The third kappa shape index (κ3) is 3.44. The topological polar surface area (TPSA) is 90.5 Å². The van der Waals surface area contributed by atoms with Gasteiger partial charge in [-0.15, -0.1) is 4.40 Å². The Labute approximate surface area is 174 Å². The number of nitrogens with zero attached hydrogens (tertiary/aromatic N) is 2. The molecule has 1 aliphatic carbocycles. The van der Waals surface area contributed by atoms with Crippen molar-refractivity contribution in [1.82, 2.24) is 0 Å². The van der Waals surface area contributed by atoms with Crippen LogP contribution in [0, 0.1) is 13.8 Å². The standard InChI is InChI=1S/C23H18N2O4S/c1-15-9-11-17(12-10-15)30(28,29)24-20-21(25-13-5-6-16(2)14-25)23(27)19-8-4-3-7-18(19)22(20)26/h3-14H,1-2H3. The van der Waals surface area contributed by atoms with Gasteiger partial charge < -0.3 is 5.11 Å². The fraction of sp³-hybridized carbons (Fsp3) is 0.0870. The van der Waals surface area contributed by atoms with Crippen molar-refractivity contribution in [3.63, 3.8) is 0 Å². The van der Waals surface area contributed by atoms with Gasteiger partial charge in [0, 0.05) is 17.2 Å². The molecule has 2 aromatic carbocycles. The molecular formula is C23H18N2O4S. The molecule has 0 saturated carbocycles. The molecule has 1 aromatic heterocycles. The van der Waals surface area contributed by atoms with Crippen molar-refractivity contribution in [2.45, 2.75) is 18.7 Å². The summed E-state index contributed by atoms with van der Waals surface area (Å²) in [5, 5.41) is 13.3. The van der Waals surface area contributed by atoms with E-state index < -0.39 is 27.3 Å². The highest BCUT2D eigenvalue weighted by Gasteiger charge is 2.35. The fourth-order valence-corrected chi connectivity index (χ4v) is 4.28. The minimum atomic E-state index is -4.21. The lowest BCUT2D eigenvalue weighted by molar-refractivity contribution is -0.578. The third-order valence-electron chi connectivity index (χ3n) is 4.81. The van der Waals surface area contributed by atoms with E-state index in [0.29, 0.717) is 0 Å². The first-order valence-corrected chi connectivity index (χ1v) is 10.7. The number of hydrogen-bond acceptors (Lipinski definition) is 4. The second kappa shape index (κ2) is 7.35. The summed E-state index contributed by atoms with van der Waals surface area (Å²) in [6.07, 6.45) is 3.25. The van der Waals surface area contributed by atoms with E-state index in [1.54, 1.807) is 48.8 Å². The molecule has 0 amide bonds. The lowest BCUT2D eigenvalue weighted by Gasteiger charge is -2.23. The van der Waals surface area contributed by atoms with Gasteiger partial charge in [-0.25, -0.2) is 0 Å². The number of hydrogen-bond donors (Lipinski definition) is 0. The van der Waals surface area contributed by atoms with E-state index in [-0.39, 0.29) is 21.7 Å². The zero-order valence-corrected chi connectivity index (χ0v) is 17.2. The van der Waals surface area contributed by atoms with Crippen LogP contribution < -0.4 is 9.67 Å². The molecule has 0 spiro atoms. The van der Waals surface area contributed by atoms with Crippen molar-refractivity contribution in [2.24, 2.45) is 4.40 Å². The normalized spacial score (nSPS) is 15.4. The fourth-order valence-electron chi connectivity index (χ4n) is 3.29. The molecule has 0 unspecified atom stereocenters. The Bertz CT molecular complexity index is 1340. The Balaban J connectivity index is 1.99. The zero-order valence-electron chi connectivity index (χ0n) is 16.4. The number of aryl methyl sites for hydroxylation is 2. The number of sulfonamides is 1. The highest BCUT2D eigenvalue weighted by molar-refractivity contribution is 7.90. The van der Waals surface area contributed by atoms with Gasteiger partial charge in [-0.2, -0.15) is 13.0 Å². The van der Waals surface area contributed by atoms with Crippen molar-refractivity contribution in [2.75, 3.05) is 0 Å². The van der Waals surface area contributed by atoms with Crippen LogP contribution in [-0.4, -0.2) is 19.9 Å².